The topological polar surface area (TPSA) is 38.8 Å². The zero-order valence-electron chi connectivity index (χ0n) is 11.2. The van der Waals surface area contributed by atoms with E-state index in [0.29, 0.717) is 13.2 Å². The first-order valence-corrected chi connectivity index (χ1v) is 6.04. The van der Waals surface area contributed by atoms with Gasteiger partial charge in [0.05, 0.1) is 6.61 Å². The molecule has 0 aromatic heterocycles. The molecule has 0 N–H and O–H groups in total. The number of carbonyl (C=O) groups is 1. The molecular formula is C12H25NO3. The lowest BCUT2D eigenvalue weighted by Crippen LogP contribution is -2.46. The first-order chi connectivity index (χ1) is 7.43. The van der Waals surface area contributed by atoms with Gasteiger partial charge in [-0.1, -0.05) is 20.3 Å². The summed E-state index contributed by atoms with van der Waals surface area (Å²) in [6, 6.07) is 0. The molecule has 0 unspecified atom stereocenters. The third-order valence-corrected chi connectivity index (χ3v) is 2.19. The standard InChI is InChI=1S/C12H25NO3/c1-6-8-10-15-16-11(14)13(9-7-2)12(3,4)5/h6-10H2,1-5H3. The predicted molar refractivity (Wildman–Crippen MR) is 64.1 cm³/mol. The summed E-state index contributed by atoms with van der Waals surface area (Å²) in [6.07, 6.45) is 2.43. The molecule has 0 aliphatic rings. The lowest BCUT2D eigenvalue weighted by atomic mass is 10.1. The summed E-state index contributed by atoms with van der Waals surface area (Å²) in [5, 5.41) is 0. The average molecular weight is 231 g/mol. The maximum absolute atomic E-state index is 11.7. The quantitative estimate of drug-likeness (QED) is 0.399. The molecule has 0 aliphatic carbocycles. The minimum atomic E-state index is -0.398. The minimum Gasteiger partial charge on any atom is -0.301 e. The van der Waals surface area contributed by atoms with Gasteiger partial charge in [-0.25, -0.2) is 4.79 Å². The Hall–Kier alpha value is -0.770. The molecule has 0 atom stereocenters. The summed E-state index contributed by atoms with van der Waals surface area (Å²) in [4.78, 5) is 23.0. The Bertz CT molecular complexity index is 199. The van der Waals surface area contributed by atoms with Gasteiger partial charge in [-0.05, 0) is 33.6 Å². The molecule has 0 fully saturated rings. The van der Waals surface area contributed by atoms with Crippen molar-refractivity contribution < 1.29 is 14.6 Å². The van der Waals surface area contributed by atoms with Crippen LogP contribution in [0.2, 0.25) is 0 Å². The third kappa shape index (κ3) is 5.95. The monoisotopic (exact) mass is 231 g/mol. The highest BCUT2D eigenvalue weighted by molar-refractivity contribution is 5.67. The minimum absolute atomic E-state index is 0.235. The van der Waals surface area contributed by atoms with E-state index in [1.807, 2.05) is 27.7 Å². The molecule has 0 radical (unpaired) electrons. The van der Waals surface area contributed by atoms with Crippen molar-refractivity contribution in [1.29, 1.82) is 0 Å². The largest absolute Gasteiger partial charge is 0.441 e. The lowest BCUT2D eigenvalue weighted by Gasteiger charge is -2.33. The van der Waals surface area contributed by atoms with E-state index in [1.165, 1.54) is 0 Å². The van der Waals surface area contributed by atoms with Crippen molar-refractivity contribution in [2.24, 2.45) is 0 Å². The first kappa shape index (κ1) is 15.2. The van der Waals surface area contributed by atoms with Crippen LogP contribution >= 0.6 is 0 Å². The van der Waals surface area contributed by atoms with Crippen molar-refractivity contribution in [2.45, 2.75) is 59.4 Å². The van der Waals surface area contributed by atoms with Crippen molar-refractivity contribution in [3.05, 3.63) is 0 Å². The Balaban J connectivity index is 4.08. The molecule has 0 heterocycles. The van der Waals surface area contributed by atoms with Crippen LogP contribution in [0.1, 0.15) is 53.9 Å². The van der Waals surface area contributed by atoms with Crippen molar-refractivity contribution >= 4 is 6.09 Å². The second kappa shape index (κ2) is 7.49. The first-order valence-electron chi connectivity index (χ1n) is 6.04. The van der Waals surface area contributed by atoms with Gasteiger partial charge in [0, 0.05) is 12.1 Å². The summed E-state index contributed by atoms with van der Waals surface area (Å²) < 4.78 is 0. The maximum Gasteiger partial charge on any atom is 0.441 e. The number of hydrogen-bond donors (Lipinski definition) is 0. The SMILES string of the molecule is CCCCOOC(=O)N(CCC)C(C)(C)C. The maximum atomic E-state index is 11.7. The highest BCUT2D eigenvalue weighted by atomic mass is 17.2. The third-order valence-electron chi connectivity index (χ3n) is 2.19. The van der Waals surface area contributed by atoms with Gasteiger partial charge >= 0.3 is 6.09 Å². The van der Waals surface area contributed by atoms with E-state index < -0.39 is 6.09 Å². The van der Waals surface area contributed by atoms with E-state index in [-0.39, 0.29) is 5.54 Å². The van der Waals surface area contributed by atoms with E-state index in [0.717, 1.165) is 19.3 Å². The number of carbonyl (C=O) groups excluding carboxylic acids is 1. The average Bonchev–Trinajstić information content (AvgIpc) is 2.19. The van der Waals surface area contributed by atoms with Crippen LogP contribution in [0.25, 0.3) is 0 Å². The number of unbranched alkanes of at least 4 members (excludes halogenated alkanes) is 1. The van der Waals surface area contributed by atoms with E-state index >= 15 is 0 Å². The Labute approximate surface area is 98.8 Å². The fraction of sp³-hybridized carbons (Fsp3) is 0.917. The number of rotatable bonds is 6. The van der Waals surface area contributed by atoms with Crippen LogP contribution in [0, 0.1) is 0 Å². The highest BCUT2D eigenvalue weighted by Gasteiger charge is 2.27. The van der Waals surface area contributed by atoms with Gasteiger partial charge < -0.3 is 4.90 Å². The summed E-state index contributed by atoms with van der Waals surface area (Å²) in [6.45, 7) is 11.2. The molecule has 0 rings (SSSR count). The molecule has 4 nitrogen and oxygen atoms in total. The lowest BCUT2D eigenvalue weighted by molar-refractivity contribution is -0.248. The molecule has 0 saturated heterocycles. The summed E-state index contributed by atoms with van der Waals surface area (Å²) in [7, 11) is 0. The van der Waals surface area contributed by atoms with Crippen LogP contribution in [0.4, 0.5) is 4.79 Å². The second-order valence-corrected chi connectivity index (χ2v) is 4.85. The Morgan fingerprint density at radius 2 is 1.81 bits per heavy atom. The molecule has 0 bridgehead atoms. The molecule has 0 saturated carbocycles. The van der Waals surface area contributed by atoms with E-state index in [1.54, 1.807) is 4.90 Å². The Morgan fingerprint density at radius 3 is 2.25 bits per heavy atom. The zero-order valence-corrected chi connectivity index (χ0v) is 11.2. The number of amides is 1. The van der Waals surface area contributed by atoms with Crippen LogP contribution in [-0.2, 0) is 9.78 Å². The number of hydrogen-bond acceptors (Lipinski definition) is 3. The Morgan fingerprint density at radius 1 is 1.19 bits per heavy atom. The number of nitrogens with zero attached hydrogens (tertiary/aromatic N) is 1. The fourth-order valence-electron chi connectivity index (χ4n) is 1.26. The van der Waals surface area contributed by atoms with Crippen LogP contribution < -0.4 is 0 Å². The van der Waals surface area contributed by atoms with Crippen LogP contribution in [-0.4, -0.2) is 29.7 Å². The van der Waals surface area contributed by atoms with Gasteiger partial charge in [0.25, 0.3) is 0 Å². The molecule has 96 valence electrons. The van der Waals surface area contributed by atoms with E-state index in [2.05, 4.69) is 6.92 Å². The zero-order chi connectivity index (χ0) is 12.6. The van der Waals surface area contributed by atoms with Crippen molar-refractivity contribution in [1.82, 2.24) is 4.90 Å². The van der Waals surface area contributed by atoms with Crippen molar-refractivity contribution in [3.8, 4) is 0 Å². The second-order valence-electron chi connectivity index (χ2n) is 4.85. The van der Waals surface area contributed by atoms with Gasteiger partial charge in [-0.3, -0.25) is 4.89 Å². The van der Waals surface area contributed by atoms with Gasteiger partial charge in [-0.15, -0.1) is 0 Å². The van der Waals surface area contributed by atoms with Crippen molar-refractivity contribution in [3.63, 3.8) is 0 Å². The molecule has 0 aromatic rings. The summed E-state index contributed by atoms with van der Waals surface area (Å²) in [5.41, 5.74) is -0.235. The summed E-state index contributed by atoms with van der Waals surface area (Å²) in [5.74, 6) is 0. The smallest absolute Gasteiger partial charge is 0.301 e. The molecule has 0 spiro atoms. The van der Waals surface area contributed by atoms with Gasteiger partial charge in [-0.2, -0.15) is 4.89 Å². The van der Waals surface area contributed by atoms with Gasteiger partial charge in [0.1, 0.15) is 0 Å². The molecule has 16 heavy (non-hydrogen) atoms. The predicted octanol–water partition coefficient (Wildman–Crippen LogP) is 3.37. The molecule has 0 aliphatic heterocycles. The molecule has 0 aromatic carbocycles. The van der Waals surface area contributed by atoms with Crippen molar-refractivity contribution in [2.75, 3.05) is 13.2 Å². The van der Waals surface area contributed by atoms with Crippen LogP contribution in [0.5, 0.6) is 0 Å². The van der Waals surface area contributed by atoms with Crippen LogP contribution in [0.3, 0.4) is 0 Å². The summed E-state index contributed by atoms with van der Waals surface area (Å²) >= 11 is 0. The molecule has 1 amide bonds. The highest BCUT2D eigenvalue weighted by Crippen LogP contribution is 2.15. The normalized spacial score (nSPS) is 11.3. The molecule has 4 heteroatoms. The van der Waals surface area contributed by atoms with Gasteiger partial charge in [0.15, 0.2) is 0 Å². The van der Waals surface area contributed by atoms with Crippen LogP contribution in [0.15, 0.2) is 0 Å². The Kier molecular flexibility index (Phi) is 7.13. The van der Waals surface area contributed by atoms with E-state index in [9.17, 15) is 4.79 Å². The molecular weight excluding hydrogens is 206 g/mol. The van der Waals surface area contributed by atoms with E-state index in [4.69, 9.17) is 9.78 Å². The fourth-order valence-corrected chi connectivity index (χ4v) is 1.26. The van der Waals surface area contributed by atoms with Gasteiger partial charge in [0.2, 0.25) is 0 Å².